The van der Waals surface area contributed by atoms with Gasteiger partial charge in [0.25, 0.3) is 11.8 Å². The van der Waals surface area contributed by atoms with E-state index in [-0.39, 0.29) is 18.7 Å². The SMILES string of the molecule is O=C1CCC(N2C(=O)c3scc(Br)c3C2=O)C(=O)N1. The molecular formula is C11H7BrN2O4S. The van der Waals surface area contributed by atoms with Crippen molar-refractivity contribution < 1.29 is 19.2 Å². The van der Waals surface area contributed by atoms with Crippen LogP contribution in [0.4, 0.5) is 0 Å². The molecule has 1 aromatic rings. The Morgan fingerprint density at radius 3 is 2.63 bits per heavy atom. The number of thiophene rings is 1. The molecule has 6 nitrogen and oxygen atoms in total. The minimum Gasteiger partial charge on any atom is -0.295 e. The smallest absolute Gasteiger partial charge is 0.272 e. The fraction of sp³-hybridized carbons (Fsp3) is 0.273. The first-order valence-electron chi connectivity index (χ1n) is 5.49. The van der Waals surface area contributed by atoms with Crippen LogP contribution in [0.2, 0.25) is 0 Å². The molecule has 0 bridgehead atoms. The quantitative estimate of drug-likeness (QED) is 0.769. The van der Waals surface area contributed by atoms with Crippen LogP contribution in [0.1, 0.15) is 32.9 Å². The number of carbonyl (C=O) groups excluding carboxylic acids is 4. The Balaban J connectivity index is 1.96. The van der Waals surface area contributed by atoms with E-state index >= 15 is 0 Å². The summed E-state index contributed by atoms with van der Waals surface area (Å²) in [6.07, 6.45) is 0.303. The Morgan fingerprint density at radius 2 is 2.00 bits per heavy atom. The zero-order valence-corrected chi connectivity index (χ0v) is 11.8. The Bertz CT molecular complexity index is 639. The average molecular weight is 343 g/mol. The number of imide groups is 2. The molecule has 1 aromatic heterocycles. The lowest BCUT2D eigenvalue weighted by Crippen LogP contribution is -2.54. The van der Waals surface area contributed by atoms with Crippen molar-refractivity contribution in [1.82, 2.24) is 10.2 Å². The minimum atomic E-state index is -0.899. The molecule has 4 amide bonds. The Hall–Kier alpha value is -1.54. The molecule has 98 valence electrons. The van der Waals surface area contributed by atoms with E-state index in [2.05, 4.69) is 21.2 Å². The Labute approximate surface area is 119 Å². The van der Waals surface area contributed by atoms with Crippen molar-refractivity contribution in [3.05, 3.63) is 20.3 Å². The lowest BCUT2D eigenvalue weighted by molar-refractivity contribution is -0.136. The third-order valence-electron chi connectivity index (χ3n) is 3.11. The van der Waals surface area contributed by atoms with E-state index in [1.165, 1.54) is 0 Å². The summed E-state index contributed by atoms with van der Waals surface area (Å²) in [6, 6.07) is -0.899. The number of nitrogens with one attached hydrogen (secondary N) is 1. The fourth-order valence-corrected chi connectivity index (χ4v) is 3.86. The molecule has 3 rings (SSSR count). The number of piperidine rings is 1. The zero-order chi connectivity index (χ0) is 13.7. The minimum absolute atomic E-state index is 0.127. The maximum absolute atomic E-state index is 12.2. The molecule has 1 N–H and O–H groups in total. The third kappa shape index (κ3) is 1.74. The van der Waals surface area contributed by atoms with Crippen molar-refractivity contribution in [2.75, 3.05) is 0 Å². The molecule has 0 saturated carbocycles. The van der Waals surface area contributed by atoms with Gasteiger partial charge in [0, 0.05) is 16.3 Å². The molecule has 0 spiro atoms. The van der Waals surface area contributed by atoms with Crippen LogP contribution in [0.25, 0.3) is 0 Å². The van der Waals surface area contributed by atoms with Gasteiger partial charge in [0.1, 0.15) is 10.9 Å². The van der Waals surface area contributed by atoms with Crippen LogP contribution in [0.5, 0.6) is 0 Å². The van der Waals surface area contributed by atoms with Gasteiger partial charge in [0.15, 0.2) is 0 Å². The molecule has 1 saturated heterocycles. The van der Waals surface area contributed by atoms with Crippen LogP contribution in [-0.4, -0.2) is 34.6 Å². The summed E-state index contributed by atoms with van der Waals surface area (Å²) in [5.41, 5.74) is 0.305. The molecule has 19 heavy (non-hydrogen) atoms. The van der Waals surface area contributed by atoms with E-state index < -0.39 is 23.8 Å². The molecule has 2 aliphatic rings. The molecule has 0 aliphatic carbocycles. The van der Waals surface area contributed by atoms with Crippen LogP contribution >= 0.6 is 27.3 Å². The van der Waals surface area contributed by atoms with Crippen LogP contribution in [0.15, 0.2) is 9.85 Å². The maximum Gasteiger partial charge on any atom is 0.272 e. The predicted octanol–water partition coefficient (Wildman–Crippen LogP) is 0.912. The second-order valence-corrected chi connectivity index (χ2v) is 5.97. The molecular weight excluding hydrogens is 336 g/mol. The van der Waals surface area contributed by atoms with Gasteiger partial charge < -0.3 is 0 Å². The van der Waals surface area contributed by atoms with Crippen molar-refractivity contribution >= 4 is 50.9 Å². The van der Waals surface area contributed by atoms with Gasteiger partial charge in [0.05, 0.1) is 5.56 Å². The molecule has 0 radical (unpaired) electrons. The molecule has 3 heterocycles. The Kier molecular flexibility index (Phi) is 2.79. The third-order valence-corrected chi connectivity index (χ3v) is 5.01. The first-order chi connectivity index (χ1) is 9.00. The summed E-state index contributed by atoms with van der Waals surface area (Å²) in [5, 5.41) is 3.82. The number of nitrogens with zero attached hydrogens (tertiary/aromatic N) is 1. The highest BCUT2D eigenvalue weighted by Gasteiger charge is 2.46. The van der Waals surface area contributed by atoms with Gasteiger partial charge in [-0.1, -0.05) is 0 Å². The summed E-state index contributed by atoms with van der Waals surface area (Å²) >= 11 is 4.38. The number of amides is 4. The first-order valence-corrected chi connectivity index (χ1v) is 7.16. The van der Waals surface area contributed by atoms with E-state index in [9.17, 15) is 19.2 Å². The monoisotopic (exact) mass is 342 g/mol. The summed E-state index contributed by atoms with van der Waals surface area (Å²) in [4.78, 5) is 48.5. The number of rotatable bonds is 1. The van der Waals surface area contributed by atoms with Crippen molar-refractivity contribution in [3.8, 4) is 0 Å². The molecule has 1 unspecified atom stereocenters. The van der Waals surface area contributed by atoms with E-state index in [0.717, 1.165) is 16.2 Å². The van der Waals surface area contributed by atoms with Gasteiger partial charge in [-0.15, -0.1) is 11.3 Å². The molecule has 8 heteroatoms. The van der Waals surface area contributed by atoms with Crippen molar-refractivity contribution in [2.45, 2.75) is 18.9 Å². The summed E-state index contributed by atoms with van der Waals surface area (Å²) in [5.74, 6) is -1.92. The second kappa shape index (κ2) is 4.24. The second-order valence-electron chi connectivity index (χ2n) is 4.23. The van der Waals surface area contributed by atoms with E-state index in [1.807, 2.05) is 0 Å². The van der Waals surface area contributed by atoms with Crippen molar-refractivity contribution in [3.63, 3.8) is 0 Å². The predicted molar refractivity (Wildman–Crippen MR) is 68.7 cm³/mol. The number of halogens is 1. The zero-order valence-electron chi connectivity index (χ0n) is 9.44. The largest absolute Gasteiger partial charge is 0.295 e. The van der Waals surface area contributed by atoms with Gasteiger partial charge in [-0.2, -0.15) is 0 Å². The standard InChI is InChI=1S/C11H7BrN2O4S/c12-4-3-19-8-7(4)10(17)14(11(8)18)5-1-2-6(15)13-9(5)16/h3,5H,1-2H2,(H,13,15,16). The van der Waals surface area contributed by atoms with Crippen LogP contribution < -0.4 is 5.32 Å². The summed E-state index contributed by atoms with van der Waals surface area (Å²) < 4.78 is 0.556. The van der Waals surface area contributed by atoms with Crippen LogP contribution in [-0.2, 0) is 9.59 Å². The van der Waals surface area contributed by atoms with Gasteiger partial charge in [-0.05, 0) is 22.4 Å². The lowest BCUT2D eigenvalue weighted by Gasteiger charge is -2.27. The van der Waals surface area contributed by atoms with Crippen LogP contribution in [0.3, 0.4) is 0 Å². The highest BCUT2D eigenvalue weighted by Crippen LogP contribution is 2.36. The normalized spacial score (nSPS) is 22.8. The molecule has 1 atom stereocenters. The van der Waals surface area contributed by atoms with Crippen molar-refractivity contribution in [2.24, 2.45) is 0 Å². The molecule has 2 aliphatic heterocycles. The molecule has 0 aromatic carbocycles. The summed E-state index contributed by atoms with van der Waals surface area (Å²) in [6.45, 7) is 0. The average Bonchev–Trinajstić information content (AvgIpc) is 2.83. The maximum atomic E-state index is 12.2. The van der Waals surface area contributed by atoms with Crippen molar-refractivity contribution in [1.29, 1.82) is 0 Å². The van der Waals surface area contributed by atoms with Gasteiger partial charge >= 0.3 is 0 Å². The van der Waals surface area contributed by atoms with Gasteiger partial charge in [-0.25, -0.2) is 0 Å². The highest BCUT2D eigenvalue weighted by atomic mass is 79.9. The fourth-order valence-electron chi connectivity index (χ4n) is 2.23. The first kappa shape index (κ1) is 12.5. The molecule has 1 fully saturated rings. The topological polar surface area (TPSA) is 83.6 Å². The van der Waals surface area contributed by atoms with E-state index in [0.29, 0.717) is 14.9 Å². The lowest BCUT2D eigenvalue weighted by atomic mass is 10.0. The summed E-state index contributed by atoms with van der Waals surface area (Å²) in [7, 11) is 0. The number of hydrogen-bond acceptors (Lipinski definition) is 5. The van der Waals surface area contributed by atoms with Crippen LogP contribution in [0, 0.1) is 0 Å². The van der Waals surface area contributed by atoms with E-state index in [4.69, 9.17) is 0 Å². The Morgan fingerprint density at radius 1 is 1.26 bits per heavy atom. The highest BCUT2D eigenvalue weighted by molar-refractivity contribution is 9.10. The van der Waals surface area contributed by atoms with Gasteiger partial charge in [0.2, 0.25) is 11.8 Å². The number of fused-ring (bicyclic) bond motifs is 1. The van der Waals surface area contributed by atoms with Gasteiger partial charge in [-0.3, -0.25) is 29.4 Å². The number of carbonyl (C=O) groups is 4. The number of hydrogen-bond donors (Lipinski definition) is 1. The van der Waals surface area contributed by atoms with E-state index in [1.54, 1.807) is 5.38 Å².